The van der Waals surface area contributed by atoms with Crippen LogP contribution in [-0.4, -0.2) is 25.6 Å². The van der Waals surface area contributed by atoms with Crippen molar-refractivity contribution in [3.63, 3.8) is 0 Å². The predicted octanol–water partition coefficient (Wildman–Crippen LogP) is -0.385. The van der Waals surface area contributed by atoms with Gasteiger partial charge in [-0.05, 0) is 22.6 Å². The number of nitrogens with zero attached hydrogens (tertiary/aromatic N) is 5. The van der Waals surface area contributed by atoms with Gasteiger partial charge in [-0.25, -0.2) is 4.98 Å². The maximum atomic E-state index is 3.78. The molecule has 2 aromatic rings. The fourth-order valence-electron chi connectivity index (χ4n) is 0.629. The number of hydrogen-bond donors (Lipinski definition) is 0. The van der Waals surface area contributed by atoms with Gasteiger partial charge in [0, 0.05) is 0 Å². The number of hydrogen-bond acceptors (Lipinski definition) is 5. The van der Waals surface area contributed by atoms with Crippen molar-refractivity contribution in [1.29, 1.82) is 0 Å². The molecule has 0 saturated heterocycles. The lowest BCUT2D eigenvalue weighted by molar-refractivity contribution is 0.790. The third-order valence-corrected chi connectivity index (χ3v) is 1.05. The molecule has 0 amide bonds. The minimum absolute atomic E-state index is 0.470. The van der Waals surface area contributed by atoms with Gasteiger partial charge in [-0.1, -0.05) is 0 Å². The Balaban J connectivity index is 2.89. The Morgan fingerprint density at radius 1 is 1.20 bits per heavy atom. The van der Waals surface area contributed by atoms with Crippen LogP contribution < -0.4 is 0 Å². The van der Waals surface area contributed by atoms with E-state index >= 15 is 0 Å². The van der Waals surface area contributed by atoms with E-state index in [2.05, 4.69) is 31.8 Å². The Morgan fingerprint density at radius 2 is 2.10 bits per heavy atom. The van der Waals surface area contributed by atoms with Gasteiger partial charge in [0.15, 0.2) is 0 Å². The van der Waals surface area contributed by atoms with Crippen LogP contribution in [0.3, 0.4) is 0 Å². The number of pyridine rings is 1. The smallest absolute Gasteiger partial charge is 0.204 e. The first-order valence-corrected chi connectivity index (χ1v) is 2.66. The van der Waals surface area contributed by atoms with Crippen molar-refractivity contribution in [2.45, 2.75) is 0 Å². The molecule has 0 aliphatic heterocycles. The summed E-state index contributed by atoms with van der Waals surface area (Å²) in [4.78, 5) is 3.78. The molecule has 10 heavy (non-hydrogen) atoms. The minimum atomic E-state index is 0.470. The summed E-state index contributed by atoms with van der Waals surface area (Å²) in [5.41, 5.74) is 1.10. The van der Waals surface area contributed by atoms with Crippen LogP contribution in [0.15, 0.2) is 12.1 Å². The highest BCUT2D eigenvalue weighted by atomic mass is 15.4. The van der Waals surface area contributed by atoms with Gasteiger partial charge < -0.3 is 0 Å². The zero-order valence-corrected chi connectivity index (χ0v) is 4.89. The molecule has 0 aliphatic carbocycles. The second-order valence-corrected chi connectivity index (χ2v) is 1.66. The summed E-state index contributed by atoms with van der Waals surface area (Å²) >= 11 is 0. The Kier molecular flexibility index (Phi) is 1.00. The lowest BCUT2D eigenvalue weighted by atomic mass is 10.4. The molecule has 2 aromatic heterocycles. The molecule has 0 unspecified atom stereocenters. The highest BCUT2D eigenvalue weighted by molar-refractivity contribution is 5.66. The summed E-state index contributed by atoms with van der Waals surface area (Å²) in [5, 5.41) is 14.0. The van der Waals surface area contributed by atoms with Crippen molar-refractivity contribution in [1.82, 2.24) is 25.6 Å². The van der Waals surface area contributed by atoms with Crippen LogP contribution in [-0.2, 0) is 0 Å². The van der Waals surface area contributed by atoms with E-state index in [0.29, 0.717) is 11.2 Å². The molecular formula is C5H2N5. The van der Waals surface area contributed by atoms with Crippen LogP contribution in [0.5, 0.6) is 0 Å². The molecule has 2 rings (SSSR count). The average Bonchev–Trinajstić information content (AvgIpc) is 2.05. The Labute approximate surface area is 56.1 Å². The van der Waals surface area contributed by atoms with E-state index in [1.54, 1.807) is 12.1 Å². The monoisotopic (exact) mass is 132 g/mol. The van der Waals surface area contributed by atoms with E-state index in [9.17, 15) is 0 Å². The van der Waals surface area contributed by atoms with E-state index in [0.717, 1.165) is 0 Å². The van der Waals surface area contributed by atoms with Crippen molar-refractivity contribution in [2.75, 3.05) is 0 Å². The molecule has 0 bridgehead atoms. The van der Waals surface area contributed by atoms with Gasteiger partial charge in [-0.2, -0.15) is 0 Å². The second-order valence-electron chi connectivity index (χ2n) is 1.66. The van der Waals surface area contributed by atoms with Gasteiger partial charge in [0.05, 0.1) is 6.20 Å². The number of rotatable bonds is 0. The maximum Gasteiger partial charge on any atom is 0.204 e. The van der Waals surface area contributed by atoms with E-state index in [-0.39, 0.29) is 0 Å². The van der Waals surface area contributed by atoms with Crippen molar-refractivity contribution >= 4 is 11.2 Å². The SMILES string of the molecule is [c]1ccc2nnnnc2n1. The molecule has 0 aliphatic rings. The fraction of sp³-hybridized carbons (Fsp3) is 0. The summed E-state index contributed by atoms with van der Waals surface area (Å²) in [6.45, 7) is 0. The minimum Gasteiger partial charge on any atom is -0.223 e. The van der Waals surface area contributed by atoms with E-state index in [4.69, 9.17) is 0 Å². The summed E-state index contributed by atoms with van der Waals surface area (Å²) in [5.74, 6) is 0. The summed E-state index contributed by atoms with van der Waals surface area (Å²) in [6, 6.07) is 3.38. The standard InChI is InChI=1S/C5H2N5/c1-2-4-5(6-3-1)8-10-9-7-4/h1-2H. The Bertz CT molecular complexity index is 281. The first-order chi connectivity index (χ1) is 4.97. The lowest BCUT2D eigenvalue weighted by Gasteiger charge is -1.86. The number of aromatic nitrogens is 5. The van der Waals surface area contributed by atoms with Crippen LogP contribution >= 0.6 is 0 Å². The molecule has 5 nitrogen and oxygen atoms in total. The van der Waals surface area contributed by atoms with E-state index in [1.807, 2.05) is 0 Å². The molecule has 5 heteroatoms. The Hall–Kier alpha value is -1.65. The van der Waals surface area contributed by atoms with E-state index < -0.39 is 0 Å². The first-order valence-electron chi connectivity index (χ1n) is 2.66. The lowest BCUT2D eigenvalue weighted by Crippen LogP contribution is -1.93. The largest absolute Gasteiger partial charge is 0.223 e. The zero-order chi connectivity index (χ0) is 6.81. The predicted molar refractivity (Wildman–Crippen MR) is 31.8 cm³/mol. The second kappa shape index (κ2) is 1.94. The van der Waals surface area contributed by atoms with Crippen LogP contribution in [0, 0.1) is 6.20 Å². The van der Waals surface area contributed by atoms with Crippen molar-refractivity contribution in [3.05, 3.63) is 18.3 Å². The van der Waals surface area contributed by atoms with E-state index in [1.165, 1.54) is 0 Å². The van der Waals surface area contributed by atoms with Gasteiger partial charge in [0.2, 0.25) is 5.65 Å². The van der Waals surface area contributed by atoms with Crippen molar-refractivity contribution < 1.29 is 0 Å². The molecule has 0 fully saturated rings. The fourth-order valence-corrected chi connectivity index (χ4v) is 0.629. The van der Waals surface area contributed by atoms with Gasteiger partial charge in [-0.15, -0.1) is 10.2 Å². The molecule has 1 radical (unpaired) electrons. The van der Waals surface area contributed by atoms with Crippen LogP contribution in [0.4, 0.5) is 0 Å². The van der Waals surface area contributed by atoms with Crippen molar-refractivity contribution in [2.24, 2.45) is 0 Å². The van der Waals surface area contributed by atoms with Gasteiger partial charge in [0.1, 0.15) is 5.52 Å². The number of fused-ring (bicyclic) bond motifs is 1. The third-order valence-electron chi connectivity index (χ3n) is 1.05. The summed E-state index contributed by atoms with van der Waals surface area (Å²) in [6.07, 6.45) is 2.62. The van der Waals surface area contributed by atoms with Gasteiger partial charge >= 0.3 is 0 Å². The Morgan fingerprint density at radius 3 is 3.00 bits per heavy atom. The highest BCUT2D eigenvalue weighted by Gasteiger charge is 1.92. The first kappa shape index (κ1) is 5.16. The van der Waals surface area contributed by atoms with Crippen LogP contribution in [0.2, 0.25) is 0 Å². The quantitative estimate of drug-likeness (QED) is 0.488. The molecule has 0 spiro atoms. The topological polar surface area (TPSA) is 64.5 Å². The molecule has 47 valence electrons. The summed E-state index contributed by atoms with van der Waals surface area (Å²) < 4.78 is 0. The maximum absolute atomic E-state index is 3.78. The molecule has 0 aromatic carbocycles. The van der Waals surface area contributed by atoms with Crippen molar-refractivity contribution in [3.8, 4) is 0 Å². The molecule has 0 atom stereocenters. The average molecular weight is 132 g/mol. The van der Waals surface area contributed by atoms with Gasteiger partial charge in [-0.3, -0.25) is 0 Å². The van der Waals surface area contributed by atoms with Crippen LogP contribution in [0.25, 0.3) is 11.2 Å². The third kappa shape index (κ3) is 0.680. The molecule has 0 saturated carbocycles. The van der Waals surface area contributed by atoms with Crippen LogP contribution in [0.1, 0.15) is 0 Å². The normalized spacial score (nSPS) is 10.0. The summed E-state index contributed by atoms with van der Waals surface area (Å²) in [7, 11) is 0. The molecule has 0 N–H and O–H groups in total. The molecule has 2 heterocycles. The zero-order valence-electron chi connectivity index (χ0n) is 4.89. The van der Waals surface area contributed by atoms with Gasteiger partial charge in [0.25, 0.3) is 0 Å². The highest BCUT2D eigenvalue weighted by Crippen LogP contribution is 1.97. The molecular weight excluding hydrogens is 130 g/mol.